The molecule has 27 heavy (non-hydrogen) atoms. The van der Waals surface area contributed by atoms with Crippen LogP contribution >= 0.6 is 11.6 Å². The molecule has 1 N–H and O–H groups in total. The van der Waals surface area contributed by atoms with Gasteiger partial charge in [-0.15, -0.1) is 0 Å². The van der Waals surface area contributed by atoms with E-state index in [-0.39, 0.29) is 5.91 Å². The molecule has 4 fully saturated rings. The summed E-state index contributed by atoms with van der Waals surface area (Å²) in [6.07, 6.45) is 9.60. The van der Waals surface area contributed by atoms with Crippen molar-refractivity contribution in [3.05, 3.63) is 28.8 Å². The number of hydrogen-bond acceptors (Lipinski definition) is 2. The minimum Gasteiger partial charge on any atom is -0.493 e. The van der Waals surface area contributed by atoms with E-state index in [4.69, 9.17) is 16.3 Å². The highest BCUT2D eigenvalue weighted by molar-refractivity contribution is 6.30. The van der Waals surface area contributed by atoms with E-state index in [9.17, 15) is 4.79 Å². The predicted octanol–water partition coefficient (Wildman–Crippen LogP) is 5.53. The summed E-state index contributed by atoms with van der Waals surface area (Å²) in [7, 11) is 0. The van der Waals surface area contributed by atoms with Crippen LogP contribution in [0.1, 0.15) is 63.9 Å². The number of halogens is 1. The lowest BCUT2D eigenvalue weighted by Crippen LogP contribution is -2.55. The minimum absolute atomic E-state index is 0.176. The first-order chi connectivity index (χ1) is 12.9. The van der Waals surface area contributed by atoms with Crippen molar-refractivity contribution in [3.8, 4) is 5.75 Å². The molecule has 0 spiro atoms. The van der Waals surface area contributed by atoms with Gasteiger partial charge >= 0.3 is 0 Å². The van der Waals surface area contributed by atoms with Gasteiger partial charge in [-0.2, -0.15) is 0 Å². The SMILES string of the molecule is Cc1cc(Cl)ccc1OCCCC(=O)NC(C)C12CC3CC(CC(C3)C1)C2. The molecule has 4 heteroatoms. The van der Waals surface area contributed by atoms with Crippen LogP contribution in [0.2, 0.25) is 5.02 Å². The standard InChI is InChI=1S/C23H32ClNO2/c1-15-8-20(24)5-6-21(15)27-7-3-4-22(26)25-16(2)23-12-17-9-18(13-23)11-19(10-17)14-23/h5-6,8,16-19H,3-4,7,9-14H2,1-2H3,(H,25,26). The van der Waals surface area contributed by atoms with Gasteiger partial charge in [-0.1, -0.05) is 11.6 Å². The highest BCUT2D eigenvalue weighted by atomic mass is 35.5. The fourth-order valence-electron chi connectivity index (χ4n) is 6.36. The van der Waals surface area contributed by atoms with Gasteiger partial charge in [0.1, 0.15) is 5.75 Å². The molecule has 148 valence electrons. The number of aryl methyl sites for hydroxylation is 1. The summed E-state index contributed by atoms with van der Waals surface area (Å²) in [5.74, 6) is 3.79. The molecule has 5 rings (SSSR count). The van der Waals surface area contributed by atoms with E-state index < -0.39 is 0 Å². The molecule has 0 aromatic heterocycles. The number of carbonyl (C=O) groups is 1. The fourth-order valence-corrected chi connectivity index (χ4v) is 6.59. The van der Waals surface area contributed by atoms with Crippen LogP contribution in [0, 0.1) is 30.1 Å². The monoisotopic (exact) mass is 389 g/mol. The van der Waals surface area contributed by atoms with Crippen LogP contribution < -0.4 is 10.1 Å². The van der Waals surface area contributed by atoms with Gasteiger partial charge in [0.15, 0.2) is 0 Å². The van der Waals surface area contributed by atoms with Gasteiger partial charge in [0.2, 0.25) is 5.91 Å². The molecule has 0 heterocycles. The van der Waals surface area contributed by atoms with Gasteiger partial charge in [0, 0.05) is 17.5 Å². The van der Waals surface area contributed by atoms with Crippen LogP contribution in [0.25, 0.3) is 0 Å². The largest absolute Gasteiger partial charge is 0.493 e. The zero-order chi connectivity index (χ0) is 19.0. The first-order valence-electron chi connectivity index (χ1n) is 10.6. The summed E-state index contributed by atoms with van der Waals surface area (Å²) < 4.78 is 5.81. The second-order valence-corrected chi connectivity index (χ2v) is 9.87. The van der Waals surface area contributed by atoms with Crippen molar-refractivity contribution < 1.29 is 9.53 Å². The maximum Gasteiger partial charge on any atom is 0.220 e. The first-order valence-corrected chi connectivity index (χ1v) is 11.0. The molecular weight excluding hydrogens is 358 g/mol. The molecule has 0 aliphatic heterocycles. The number of hydrogen-bond donors (Lipinski definition) is 1. The van der Waals surface area contributed by atoms with E-state index >= 15 is 0 Å². The van der Waals surface area contributed by atoms with Crippen LogP contribution in [0.3, 0.4) is 0 Å². The summed E-state index contributed by atoms with van der Waals surface area (Å²) >= 11 is 5.97. The molecule has 4 bridgehead atoms. The zero-order valence-electron chi connectivity index (χ0n) is 16.6. The Morgan fingerprint density at radius 1 is 1.22 bits per heavy atom. The number of nitrogens with one attached hydrogen (secondary N) is 1. The summed E-state index contributed by atoms with van der Waals surface area (Å²) in [5.41, 5.74) is 1.41. The lowest BCUT2D eigenvalue weighted by atomic mass is 9.48. The van der Waals surface area contributed by atoms with Crippen molar-refractivity contribution in [2.24, 2.45) is 23.2 Å². The predicted molar refractivity (Wildman–Crippen MR) is 109 cm³/mol. The van der Waals surface area contributed by atoms with Gasteiger partial charge < -0.3 is 10.1 Å². The quantitative estimate of drug-likeness (QED) is 0.622. The van der Waals surface area contributed by atoms with E-state index in [0.717, 1.165) is 40.5 Å². The Labute approximate surface area is 168 Å². The van der Waals surface area contributed by atoms with E-state index in [1.807, 2.05) is 25.1 Å². The third-order valence-corrected chi connectivity index (χ3v) is 7.56. The molecule has 1 atom stereocenters. The smallest absolute Gasteiger partial charge is 0.220 e. The summed E-state index contributed by atoms with van der Waals surface area (Å²) in [6, 6.07) is 5.94. The second-order valence-electron chi connectivity index (χ2n) is 9.43. The third kappa shape index (κ3) is 4.13. The van der Waals surface area contributed by atoms with Crippen molar-refractivity contribution in [2.45, 2.75) is 71.3 Å². The van der Waals surface area contributed by atoms with Gasteiger partial charge in [0.05, 0.1) is 6.61 Å². The molecule has 0 saturated heterocycles. The van der Waals surface area contributed by atoms with Crippen molar-refractivity contribution in [2.75, 3.05) is 6.61 Å². The lowest BCUT2D eigenvalue weighted by molar-refractivity contribution is -0.126. The Kier molecular flexibility index (Phi) is 5.42. The van der Waals surface area contributed by atoms with Crippen LogP contribution in [0.4, 0.5) is 0 Å². The Morgan fingerprint density at radius 3 is 2.44 bits per heavy atom. The topological polar surface area (TPSA) is 38.3 Å². The Hall–Kier alpha value is -1.22. The molecule has 4 saturated carbocycles. The van der Waals surface area contributed by atoms with Crippen LogP contribution in [-0.4, -0.2) is 18.6 Å². The maximum atomic E-state index is 12.5. The van der Waals surface area contributed by atoms with Crippen molar-refractivity contribution in [1.82, 2.24) is 5.32 Å². The summed E-state index contributed by atoms with van der Waals surface area (Å²) in [5, 5.41) is 4.06. The Morgan fingerprint density at radius 2 is 1.85 bits per heavy atom. The lowest BCUT2D eigenvalue weighted by Gasteiger charge is -2.59. The average molecular weight is 390 g/mol. The number of ether oxygens (including phenoxy) is 1. The van der Waals surface area contributed by atoms with E-state index in [2.05, 4.69) is 12.2 Å². The van der Waals surface area contributed by atoms with E-state index in [0.29, 0.717) is 24.5 Å². The maximum absolute atomic E-state index is 12.5. The fraction of sp³-hybridized carbons (Fsp3) is 0.696. The Bertz CT molecular complexity index is 666. The summed E-state index contributed by atoms with van der Waals surface area (Å²) in [4.78, 5) is 12.5. The highest BCUT2D eigenvalue weighted by Crippen LogP contribution is 2.61. The molecule has 4 aliphatic carbocycles. The molecular formula is C23H32ClNO2. The van der Waals surface area contributed by atoms with Gasteiger partial charge in [0.25, 0.3) is 0 Å². The molecule has 0 radical (unpaired) electrons. The second kappa shape index (κ2) is 7.66. The number of benzene rings is 1. The van der Waals surface area contributed by atoms with Crippen LogP contribution in [0.5, 0.6) is 5.75 Å². The third-order valence-electron chi connectivity index (χ3n) is 7.32. The summed E-state index contributed by atoms with van der Waals surface area (Å²) in [6.45, 7) is 4.79. The molecule has 1 aromatic carbocycles. The van der Waals surface area contributed by atoms with Crippen molar-refractivity contribution in [1.29, 1.82) is 0 Å². The molecule has 3 nitrogen and oxygen atoms in total. The highest BCUT2D eigenvalue weighted by Gasteiger charge is 2.53. The van der Waals surface area contributed by atoms with Gasteiger partial charge in [-0.25, -0.2) is 0 Å². The van der Waals surface area contributed by atoms with Crippen LogP contribution in [0.15, 0.2) is 18.2 Å². The number of amides is 1. The zero-order valence-corrected chi connectivity index (χ0v) is 17.4. The first kappa shape index (κ1) is 19.1. The van der Waals surface area contributed by atoms with Crippen molar-refractivity contribution in [3.63, 3.8) is 0 Å². The normalized spacial score (nSPS) is 32.3. The van der Waals surface area contributed by atoms with E-state index in [1.165, 1.54) is 38.5 Å². The number of rotatable bonds is 7. The Balaban J connectivity index is 1.22. The van der Waals surface area contributed by atoms with Crippen molar-refractivity contribution >= 4 is 17.5 Å². The minimum atomic E-state index is 0.176. The number of carbonyl (C=O) groups excluding carboxylic acids is 1. The molecule has 1 aromatic rings. The average Bonchev–Trinajstić information content (AvgIpc) is 2.59. The van der Waals surface area contributed by atoms with Gasteiger partial charge in [-0.05, 0) is 106 Å². The molecule has 1 amide bonds. The van der Waals surface area contributed by atoms with Gasteiger partial charge in [-0.3, -0.25) is 4.79 Å². The molecule has 4 aliphatic rings. The van der Waals surface area contributed by atoms with E-state index in [1.54, 1.807) is 0 Å². The molecule has 1 unspecified atom stereocenters. The van der Waals surface area contributed by atoms with Crippen LogP contribution in [-0.2, 0) is 4.79 Å².